The number of nitrogens with two attached hydrogens (primary N) is 1. The molecule has 92 valence electrons. The van der Waals surface area contributed by atoms with Crippen LogP contribution in [0.15, 0.2) is 36.7 Å². The first-order valence-corrected chi connectivity index (χ1v) is 5.74. The molecule has 0 radical (unpaired) electrons. The van der Waals surface area contributed by atoms with Gasteiger partial charge in [0.25, 0.3) is 0 Å². The van der Waals surface area contributed by atoms with Crippen LogP contribution in [0.3, 0.4) is 0 Å². The largest absolute Gasteiger partial charge is 0.369 e. The quantitative estimate of drug-likeness (QED) is 0.530. The third kappa shape index (κ3) is 1.32. The van der Waals surface area contributed by atoms with Gasteiger partial charge in [-0.3, -0.25) is 0 Å². The van der Waals surface area contributed by atoms with Crippen molar-refractivity contribution >= 4 is 22.8 Å². The zero-order chi connectivity index (χ0) is 12.8. The van der Waals surface area contributed by atoms with E-state index in [1.807, 2.05) is 30.3 Å². The lowest BCUT2D eigenvalue weighted by Crippen LogP contribution is -2.02. The summed E-state index contributed by atoms with van der Waals surface area (Å²) in [5, 5.41) is 8.36. The van der Waals surface area contributed by atoms with Crippen molar-refractivity contribution in [2.24, 2.45) is 0 Å². The molecule has 19 heavy (non-hydrogen) atoms. The number of aromatic nitrogens is 6. The summed E-state index contributed by atoms with van der Waals surface area (Å²) in [5.74, 6) is 0.987. The van der Waals surface area contributed by atoms with Crippen LogP contribution in [0.25, 0.3) is 28.2 Å². The van der Waals surface area contributed by atoms with Crippen LogP contribution in [0.1, 0.15) is 0 Å². The molecule has 3 N–H and O–H groups in total. The normalized spacial score (nSPS) is 11.4. The van der Waals surface area contributed by atoms with Crippen LogP contribution >= 0.6 is 0 Å². The van der Waals surface area contributed by atoms with Crippen molar-refractivity contribution in [3.8, 4) is 11.4 Å². The summed E-state index contributed by atoms with van der Waals surface area (Å²) in [7, 11) is 0. The Morgan fingerprint density at radius 2 is 1.95 bits per heavy atom. The monoisotopic (exact) mass is 251 g/mol. The molecule has 7 nitrogen and oxygen atoms in total. The Labute approximate surface area is 107 Å². The summed E-state index contributed by atoms with van der Waals surface area (Å²) in [6.07, 6.45) is 1.56. The maximum Gasteiger partial charge on any atom is 0.209 e. The van der Waals surface area contributed by atoms with Crippen molar-refractivity contribution in [2.45, 2.75) is 0 Å². The van der Waals surface area contributed by atoms with Gasteiger partial charge in [0, 0.05) is 5.56 Å². The number of anilines is 1. The van der Waals surface area contributed by atoms with Gasteiger partial charge in [-0.1, -0.05) is 30.3 Å². The first kappa shape index (κ1) is 10.0. The molecule has 0 aliphatic heterocycles. The molecule has 3 heterocycles. The number of rotatable bonds is 1. The van der Waals surface area contributed by atoms with Crippen molar-refractivity contribution < 1.29 is 0 Å². The minimum absolute atomic E-state index is 0.329. The number of fused-ring (bicyclic) bond motifs is 3. The van der Waals surface area contributed by atoms with E-state index in [1.54, 1.807) is 10.7 Å². The van der Waals surface area contributed by atoms with Crippen LogP contribution in [-0.4, -0.2) is 29.5 Å². The number of benzene rings is 1. The molecule has 4 aromatic rings. The minimum Gasteiger partial charge on any atom is -0.369 e. The van der Waals surface area contributed by atoms with Crippen molar-refractivity contribution in [1.82, 2.24) is 29.5 Å². The van der Waals surface area contributed by atoms with Gasteiger partial charge in [-0.2, -0.15) is 4.98 Å². The zero-order valence-corrected chi connectivity index (χ0v) is 9.78. The molecule has 0 saturated carbocycles. The van der Waals surface area contributed by atoms with E-state index in [0.717, 1.165) is 5.56 Å². The molecule has 0 atom stereocenters. The standard InChI is InChI=1S/C12H9N7/c13-12-16-9-8(14-6-15-9)11-18-17-10(19(11)12)7-4-2-1-3-5-7/h1-6H,(H2,13,16)(H,14,15). The molecule has 0 unspecified atom stereocenters. The lowest BCUT2D eigenvalue weighted by atomic mass is 10.2. The fourth-order valence-corrected chi connectivity index (χ4v) is 2.13. The highest BCUT2D eigenvalue weighted by Crippen LogP contribution is 2.23. The van der Waals surface area contributed by atoms with Crippen molar-refractivity contribution in [2.75, 3.05) is 5.73 Å². The van der Waals surface area contributed by atoms with Gasteiger partial charge < -0.3 is 10.7 Å². The second-order valence-electron chi connectivity index (χ2n) is 4.12. The van der Waals surface area contributed by atoms with Crippen LogP contribution in [0, 0.1) is 0 Å². The van der Waals surface area contributed by atoms with E-state index in [0.29, 0.717) is 28.6 Å². The third-order valence-electron chi connectivity index (χ3n) is 2.98. The Hall–Kier alpha value is -2.96. The Balaban J connectivity index is 2.14. The van der Waals surface area contributed by atoms with Gasteiger partial charge in [0.1, 0.15) is 0 Å². The number of nitrogen functional groups attached to an aromatic ring is 1. The summed E-state index contributed by atoms with van der Waals surface area (Å²) in [6, 6.07) is 9.72. The van der Waals surface area contributed by atoms with Gasteiger partial charge in [-0.05, 0) is 0 Å². The van der Waals surface area contributed by atoms with Gasteiger partial charge in [0.2, 0.25) is 5.95 Å². The lowest BCUT2D eigenvalue weighted by molar-refractivity contribution is 1.10. The van der Waals surface area contributed by atoms with Crippen LogP contribution < -0.4 is 5.73 Å². The van der Waals surface area contributed by atoms with Crippen LogP contribution in [0.4, 0.5) is 5.95 Å². The van der Waals surface area contributed by atoms with Crippen molar-refractivity contribution in [3.63, 3.8) is 0 Å². The predicted octanol–water partition coefficient (Wildman–Crippen LogP) is 1.25. The summed E-state index contributed by atoms with van der Waals surface area (Å²) in [6.45, 7) is 0. The number of nitrogens with zero attached hydrogens (tertiary/aromatic N) is 5. The molecular formula is C12H9N7. The summed E-state index contributed by atoms with van der Waals surface area (Å²) < 4.78 is 1.71. The molecule has 0 aliphatic carbocycles. The van der Waals surface area contributed by atoms with Crippen molar-refractivity contribution in [1.29, 1.82) is 0 Å². The van der Waals surface area contributed by atoms with Crippen LogP contribution in [0.5, 0.6) is 0 Å². The summed E-state index contributed by atoms with van der Waals surface area (Å²) in [4.78, 5) is 11.4. The number of hydrogen-bond donors (Lipinski definition) is 2. The first-order chi connectivity index (χ1) is 9.34. The Morgan fingerprint density at radius 1 is 1.11 bits per heavy atom. The molecular weight excluding hydrogens is 242 g/mol. The van der Waals surface area contributed by atoms with Gasteiger partial charge in [0.15, 0.2) is 22.6 Å². The number of nitrogens with one attached hydrogen (secondary N) is 1. The lowest BCUT2D eigenvalue weighted by Gasteiger charge is -2.02. The highest BCUT2D eigenvalue weighted by molar-refractivity contribution is 5.87. The average Bonchev–Trinajstić information content (AvgIpc) is 3.05. The third-order valence-corrected chi connectivity index (χ3v) is 2.98. The molecule has 0 spiro atoms. The Kier molecular flexibility index (Phi) is 1.85. The second-order valence-corrected chi connectivity index (χ2v) is 4.12. The number of aromatic amines is 1. The van der Waals surface area contributed by atoms with Crippen molar-refractivity contribution in [3.05, 3.63) is 36.7 Å². The van der Waals surface area contributed by atoms with Gasteiger partial charge in [-0.25, -0.2) is 9.38 Å². The van der Waals surface area contributed by atoms with E-state index in [9.17, 15) is 0 Å². The van der Waals surface area contributed by atoms with Crippen LogP contribution in [0.2, 0.25) is 0 Å². The fourth-order valence-electron chi connectivity index (χ4n) is 2.13. The molecule has 0 amide bonds. The Bertz CT molecular complexity index is 875. The SMILES string of the molecule is Nc1nc2[nH]cnc2c2nnc(-c3ccccc3)n12. The molecule has 3 aromatic heterocycles. The molecule has 4 rings (SSSR count). The number of H-pyrrole nitrogens is 1. The second kappa shape index (κ2) is 3.52. The molecule has 1 aromatic carbocycles. The van der Waals surface area contributed by atoms with E-state index >= 15 is 0 Å². The number of imidazole rings is 1. The fraction of sp³-hybridized carbons (Fsp3) is 0. The predicted molar refractivity (Wildman–Crippen MR) is 70.3 cm³/mol. The first-order valence-electron chi connectivity index (χ1n) is 5.74. The average molecular weight is 251 g/mol. The summed E-state index contributed by atoms with van der Waals surface area (Å²) >= 11 is 0. The highest BCUT2D eigenvalue weighted by Gasteiger charge is 2.15. The van der Waals surface area contributed by atoms with E-state index in [2.05, 4.69) is 25.1 Å². The molecule has 0 aliphatic rings. The van der Waals surface area contributed by atoms with Gasteiger partial charge in [-0.15, -0.1) is 10.2 Å². The minimum atomic E-state index is 0.329. The van der Waals surface area contributed by atoms with E-state index < -0.39 is 0 Å². The van der Waals surface area contributed by atoms with E-state index in [-0.39, 0.29) is 0 Å². The smallest absolute Gasteiger partial charge is 0.209 e. The summed E-state index contributed by atoms with van der Waals surface area (Å²) in [5.41, 5.74) is 8.78. The molecule has 0 fully saturated rings. The molecule has 0 bridgehead atoms. The van der Waals surface area contributed by atoms with Gasteiger partial charge in [0.05, 0.1) is 6.33 Å². The topological polar surface area (TPSA) is 97.8 Å². The van der Waals surface area contributed by atoms with E-state index in [4.69, 9.17) is 5.73 Å². The Morgan fingerprint density at radius 3 is 2.79 bits per heavy atom. The molecule has 7 heteroatoms. The maximum absolute atomic E-state index is 5.99. The van der Waals surface area contributed by atoms with Gasteiger partial charge >= 0.3 is 0 Å². The molecule has 0 saturated heterocycles. The maximum atomic E-state index is 5.99. The number of hydrogen-bond acceptors (Lipinski definition) is 5. The van der Waals surface area contributed by atoms with E-state index in [1.165, 1.54) is 0 Å². The highest BCUT2D eigenvalue weighted by atomic mass is 15.3. The van der Waals surface area contributed by atoms with Crippen LogP contribution in [-0.2, 0) is 0 Å². The zero-order valence-electron chi connectivity index (χ0n) is 9.78.